The molecule has 3 aromatic rings. The summed E-state index contributed by atoms with van der Waals surface area (Å²) in [7, 11) is 0. The summed E-state index contributed by atoms with van der Waals surface area (Å²) >= 11 is 0. The van der Waals surface area contributed by atoms with Gasteiger partial charge in [-0.25, -0.2) is 4.98 Å². The molecule has 0 bridgehead atoms. The lowest BCUT2D eigenvalue weighted by Crippen LogP contribution is -2.28. The number of fused-ring (bicyclic) bond motifs is 4. The summed E-state index contributed by atoms with van der Waals surface area (Å²) in [6, 6.07) is 8.55. The van der Waals surface area contributed by atoms with Crippen LogP contribution in [0, 0.1) is 5.92 Å². The van der Waals surface area contributed by atoms with Crippen molar-refractivity contribution in [2.24, 2.45) is 5.92 Å². The molecule has 1 aromatic carbocycles. The van der Waals surface area contributed by atoms with Gasteiger partial charge in [-0.2, -0.15) is 10.2 Å². The number of rotatable bonds is 1. The van der Waals surface area contributed by atoms with Crippen LogP contribution in [0.3, 0.4) is 0 Å². The summed E-state index contributed by atoms with van der Waals surface area (Å²) in [6.45, 7) is 0. The molecule has 114 valence electrons. The molecule has 5 rings (SSSR count). The Labute approximate surface area is 133 Å². The Bertz CT molecular complexity index is 888. The zero-order valence-electron chi connectivity index (χ0n) is 12.5. The SMILES string of the molecule is OC1c2cnncc2CCC1C1c2ccccc2-c2cncn21. The van der Waals surface area contributed by atoms with Gasteiger partial charge in [-0.15, -0.1) is 0 Å². The quantitative estimate of drug-likeness (QED) is 0.750. The molecule has 1 aliphatic heterocycles. The Morgan fingerprint density at radius 2 is 1.91 bits per heavy atom. The first-order chi connectivity index (χ1) is 11.3. The van der Waals surface area contributed by atoms with Crippen LogP contribution in [-0.2, 0) is 6.42 Å². The molecule has 2 aromatic heterocycles. The Balaban J connectivity index is 1.64. The van der Waals surface area contributed by atoms with Gasteiger partial charge in [0.25, 0.3) is 0 Å². The molecule has 1 N–H and O–H groups in total. The molecule has 0 saturated carbocycles. The number of hydrogen-bond donors (Lipinski definition) is 1. The maximum atomic E-state index is 11.0. The molecule has 0 fully saturated rings. The highest BCUT2D eigenvalue weighted by molar-refractivity contribution is 5.69. The van der Waals surface area contributed by atoms with Crippen molar-refractivity contribution in [1.29, 1.82) is 0 Å². The van der Waals surface area contributed by atoms with Gasteiger partial charge >= 0.3 is 0 Å². The van der Waals surface area contributed by atoms with Crippen LogP contribution in [0.4, 0.5) is 0 Å². The number of benzene rings is 1. The number of aryl methyl sites for hydroxylation is 1. The van der Waals surface area contributed by atoms with Crippen molar-refractivity contribution in [2.45, 2.75) is 25.0 Å². The lowest BCUT2D eigenvalue weighted by molar-refractivity contribution is 0.0714. The highest BCUT2D eigenvalue weighted by Gasteiger charge is 2.40. The molecule has 1 aliphatic carbocycles. The van der Waals surface area contributed by atoms with Crippen molar-refractivity contribution in [3.8, 4) is 11.3 Å². The van der Waals surface area contributed by atoms with Gasteiger partial charge in [0.15, 0.2) is 0 Å². The van der Waals surface area contributed by atoms with Crippen LogP contribution >= 0.6 is 0 Å². The standard InChI is InChI=1S/C18H16N4O/c23-18-14(6-5-11-7-20-21-8-15(11)18)17-13-4-2-1-3-12(13)16-9-19-10-22(16)17/h1-4,7-10,14,17-18,23H,5-6H2. The Hall–Kier alpha value is -2.53. The lowest BCUT2D eigenvalue weighted by atomic mass is 9.77. The molecular formula is C18H16N4O. The second-order valence-corrected chi connectivity index (χ2v) is 6.34. The molecule has 5 heteroatoms. The summed E-state index contributed by atoms with van der Waals surface area (Å²) in [5.41, 5.74) is 5.67. The largest absolute Gasteiger partial charge is 0.388 e. The smallest absolute Gasteiger partial charge is 0.0956 e. The Morgan fingerprint density at radius 1 is 1.04 bits per heavy atom. The molecule has 0 spiro atoms. The molecule has 0 saturated heterocycles. The van der Waals surface area contributed by atoms with E-state index in [0.717, 1.165) is 29.7 Å². The van der Waals surface area contributed by atoms with Crippen molar-refractivity contribution in [1.82, 2.24) is 19.7 Å². The van der Waals surface area contributed by atoms with Crippen molar-refractivity contribution < 1.29 is 5.11 Å². The average Bonchev–Trinajstić information content (AvgIpc) is 3.17. The van der Waals surface area contributed by atoms with Crippen LogP contribution in [0.25, 0.3) is 11.3 Å². The third kappa shape index (κ3) is 1.74. The first kappa shape index (κ1) is 13.0. The monoisotopic (exact) mass is 304 g/mol. The number of aromatic nitrogens is 4. The minimum atomic E-state index is -0.527. The maximum Gasteiger partial charge on any atom is 0.0956 e. The van der Waals surface area contributed by atoms with Crippen molar-refractivity contribution in [3.05, 3.63) is 65.9 Å². The van der Waals surface area contributed by atoms with Gasteiger partial charge in [-0.1, -0.05) is 24.3 Å². The van der Waals surface area contributed by atoms with E-state index < -0.39 is 6.10 Å². The minimum absolute atomic E-state index is 0.114. The molecule has 0 amide bonds. The first-order valence-corrected chi connectivity index (χ1v) is 7.93. The van der Waals surface area contributed by atoms with E-state index in [1.807, 2.05) is 12.5 Å². The van der Waals surface area contributed by atoms with Crippen LogP contribution in [0.1, 0.15) is 35.3 Å². The molecule has 3 heterocycles. The van der Waals surface area contributed by atoms with Crippen molar-refractivity contribution in [3.63, 3.8) is 0 Å². The Kier molecular flexibility index (Phi) is 2.67. The molecule has 3 unspecified atom stereocenters. The highest BCUT2D eigenvalue weighted by atomic mass is 16.3. The van der Waals surface area contributed by atoms with Gasteiger partial charge in [0, 0.05) is 17.0 Å². The maximum absolute atomic E-state index is 11.0. The zero-order chi connectivity index (χ0) is 15.4. The van der Waals surface area contributed by atoms with E-state index >= 15 is 0 Å². The fourth-order valence-electron chi connectivity index (χ4n) is 4.18. The van der Waals surface area contributed by atoms with Crippen molar-refractivity contribution in [2.75, 3.05) is 0 Å². The predicted octanol–water partition coefficient (Wildman–Crippen LogP) is 2.54. The predicted molar refractivity (Wildman–Crippen MR) is 84.6 cm³/mol. The van der Waals surface area contributed by atoms with Gasteiger partial charge in [0.1, 0.15) is 0 Å². The molecule has 0 radical (unpaired) electrons. The van der Waals surface area contributed by atoms with Crippen LogP contribution in [-0.4, -0.2) is 24.9 Å². The van der Waals surface area contributed by atoms with Gasteiger partial charge in [-0.05, 0) is 24.0 Å². The fourth-order valence-corrected chi connectivity index (χ4v) is 4.18. The highest BCUT2D eigenvalue weighted by Crippen LogP contribution is 2.49. The molecule has 23 heavy (non-hydrogen) atoms. The minimum Gasteiger partial charge on any atom is -0.388 e. The Morgan fingerprint density at radius 3 is 2.87 bits per heavy atom. The summed E-state index contributed by atoms with van der Waals surface area (Å²) in [5, 5.41) is 18.9. The van der Waals surface area contributed by atoms with E-state index in [4.69, 9.17) is 0 Å². The molecule has 3 atom stereocenters. The summed E-state index contributed by atoms with van der Waals surface area (Å²) in [6.07, 6.45) is 8.61. The van der Waals surface area contributed by atoms with Crippen LogP contribution in [0.5, 0.6) is 0 Å². The number of aliphatic hydroxyl groups is 1. The third-order valence-corrected chi connectivity index (χ3v) is 5.25. The number of aliphatic hydroxyl groups excluding tert-OH is 1. The summed E-state index contributed by atoms with van der Waals surface area (Å²) in [4.78, 5) is 4.32. The molecule has 2 aliphatic rings. The van der Waals surface area contributed by atoms with E-state index in [0.29, 0.717) is 0 Å². The topological polar surface area (TPSA) is 63.8 Å². The van der Waals surface area contributed by atoms with Gasteiger partial charge < -0.3 is 9.67 Å². The summed E-state index contributed by atoms with van der Waals surface area (Å²) in [5.74, 6) is 0.114. The van der Waals surface area contributed by atoms with Gasteiger partial charge in [0.2, 0.25) is 0 Å². The zero-order valence-corrected chi connectivity index (χ0v) is 12.5. The second-order valence-electron chi connectivity index (χ2n) is 6.34. The van der Waals surface area contributed by atoms with Gasteiger partial charge in [0.05, 0.1) is 42.8 Å². The van der Waals surface area contributed by atoms with E-state index in [1.54, 1.807) is 12.4 Å². The van der Waals surface area contributed by atoms with E-state index in [1.165, 1.54) is 11.1 Å². The fraction of sp³-hybridized carbons (Fsp3) is 0.278. The number of hydrogen-bond acceptors (Lipinski definition) is 4. The van der Waals surface area contributed by atoms with E-state index in [-0.39, 0.29) is 12.0 Å². The number of nitrogens with zero attached hydrogens (tertiary/aromatic N) is 4. The normalized spacial score (nSPS) is 24.8. The van der Waals surface area contributed by atoms with Crippen molar-refractivity contribution >= 4 is 0 Å². The van der Waals surface area contributed by atoms with E-state index in [9.17, 15) is 5.11 Å². The summed E-state index contributed by atoms with van der Waals surface area (Å²) < 4.78 is 2.21. The second kappa shape index (κ2) is 4.73. The number of imidazole rings is 1. The lowest BCUT2D eigenvalue weighted by Gasteiger charge is -2.34. The molecular weight excluding hydrogens is 288 g/mol. The van der Waals surface area contributed by atoms with Crippen LogP contribution in [0.15, 0.2) is 49.2 Å². The first-order valence-electron chi connectivity index (χ1n) is 7.93. The van der Waals surface area contributed by atoms with Crippen LogP contribution in [0.2, 0.25) is 0 Å². The average molecular weight is 304 g/mol. The van der Waals surface area contributed by atoms with Gasteiger partial charge in [-0.3, -0.25) is 0 Å². The van der Waals surface area contributed by atoms with Crippen LogP contribution < -0.4 is 0 Å². The van der Waals surface area contributed by atoms with E-state index in [2.05, 4.69) is 44.0 Å². The third-order valence-electron chi connectivity index (χ3n) is 5.25. The molecule has 5 nitrogen and oxygen atoms in total.